The molecule has 1 aromatic carbocycles. The van der Waals surface area contributed by atoms with Crippen LogP contribution in [0, 0.1) is 11.8 Å². The summed E-state index contributed by atoms with van der Waals surface area (Å²) in [7, 11) is 3.75. The predicted octanol–water partition coefficient (Wildman–Crippen LogP) is 4.01. The maximum atomic E-state index is 12.7. The van der Waals surface area contributed by atoms with Crippen LogP contribution in [0.5, 0.6) is 5.75 Å². The Hall–Kier alpha value is -1.98. The van der Waals surface area contributed by atoms with Gasteiger partial charge in [0.05, 0.1) is 18.6 Å². The quantitative estimate of drug-likeness (QED) is 0.357. The van der Waals surface area contributed by atoms with Crippen molar-refractivity contribution in [2.75, 3.05) is 54.6 Å². The van der Waals surface area contributed by atoms with Crippen LogP contribution in [0.2, 0.25) is 0 Å². The molecule has 1 atom stereocenters. The average molecular weight is 552 g/mol. The van der Waals surface area contributed by atoms with E-state index in [1.54, 1.807) is 12.1 Å². The summed E-state index contributed by atoms with van der Waals surface area (Å²) in [4.78, 5) is 16.2. The van der Waals surface area contributed by atoms with E-state index in [-0.39, 0.29) is 30.6 Å². The van der Waals surface area contributed by atoms with Gasteiger partial charge in [0.15, 0.2) is 0 Å². The number of likely N-dealkylation sites (N-methyl/N-ethyl adjacent to an activating group) is 1. The van der Waals surface area contributed by atoms with Crippen LogP contribution < -0.4 is 10.1 Å². The number of ether oxygens (including phenoxy) is 2. The molecule has 1 aliphatic rings. The maximum absolute atomic E-state index is 12.7. The molecular formula is C27H41N3O5S2. The molecule has 0 bridgehead atoms. The maximum Gasteiger partial charge on any atom is 0.245 e. The Morgan fingerprint density at radius 3 is 2.41 bits per heavy atom. The van der Waals surface area contributed by atoms with Gasteiger partial charge in [0.1, 0.15) is 12.4 Å². The molecule has 0 spiro atoms. The van der Waals surface area contributed by atoms with Crippen molar-refractivity contribution in [3.8, 4) is 5.75 Å². The van der Waals surface area contributed by atoms with Gasteiger partial charge in [0.25, 0.3) is 0 Å². The van der Waals surface area contributed by atoms with Crippen molar-refractivity contribution in [1.29, 1.82) is 0 Å². The van der Waals surface area contributed by atoms with Crippen LogP contribution in [-0.4, -0.2) is 78.1 Å². The van der Waals surface area contributed by atoms with Crippen molar-refractivity contribution in [3.63, 3.8) is 0 Å². The Kier molecular flexibility index (Phi) is 11.4. The van der Waals surface area contributed by atoms with Crippen LogP contribution in [0.3, 0.4) is 0 Å². The largest absolute Gasteiger partial charge is 0.497 e. The van der Waals surface area contributed by atoms with Crippen LogP contribution in [0.1, 0.15) is 43.0 Å². The van der Waals surface area contributed by atoms with Gasteiger partial charge in [-0.2, -0.15) is 4.31 Å². The highest BCUT2D eigenvalue weighted by Crippen LogP contribution is 2.41. The van der Waals surface area contributed by atoms with E-state index in [4.69, 9.17) is 9.47 Å². The second-order valence-electron chi connectivity index (χ2n) is 9.90. The van der Waals surface area contributed by atoms with Gasteiger partial charge >= 0.3 is 0 Å². The molecule has 0 radical (unpaired) electrons. The predicted molar refractivity (Wildman–Crippen MR) is 147 cm³/mol. The molecule has 1 fully saturated rings. The third-order valence-corrected chi connectivity index (χ3v) is 9.97. The first-order valence-electron chi connectivity index (χ1n) is 12.9. The molecule has 1 heterocycles. The second kappa shape index (κ2) is 14.2. The molecule has 1 N–H and O–H groups in total. The zero-order valence-electron chi connectivity index (χ0n) is 22.4. The summed E-state index contributed by atoms with van der Waals surface area (Å²) in [5, 5.41) is 5.10. The summed E-state index contributed by atoms with van der Waals surface area (Å²) < 4.78 is 37.0. The Morgan fingerprint density at radius 2 is 1.81 bits per heavy atom. The minimum Gasteiger partial charge on any atom is -0.497 e. The Morgan fingerprint density at radius 1 is 1.11 bits per heavy atom. The summed E-state index contributed by atoms with van der Waals surface area (Å²) in [5.41, 5.74) is 0. The summed E-state index contributed by atoms with van der Waals surface area (Å²) >= 11 is 1.84. The van der Waals surface area contributed by atoms with E-state index < -0.39 is 10.0 Å². The van der Waals surface area contributed by atoms with E-state index in [2.05, 4.69) is 41.8 Å². The zero-order chi connectivity index (χ0) is 26.8. The highest BCUT2D eigenvalue weighted by atomic mass is 32.2. The van der Waals surface area contributed by atoms with Gasteiger partial charge in [-0.3, -0.25) is 4.79 Å². The summed E-state index contributed by atoms with van der Waals surface area (Å²) in [5.74, 6) is 1.75. The molecule has 37 heavy (non-hydrogen) atoms. The van der Waals surface area contributed by atoms with Crippen molar-refractivity contribution in [2.45, 2.75) is 43.0 Å². The van der Waals surface area contributed by atoms with Crippen molar-refractivity contribution in [3.05, 3.63) is 46.7 Å². The molecule has 2 aromatic rings. The average Bonchev–Trinajstić information content (AvgIpc) is 3.41. The molecular weight excluding hydrogens is 510 g/mol. The van der Waals surface area contributed by atoms with E-state index in [0.29, 0.717) is 30.2 Å². The SMILES string of the molecule is COc1ccc(S(=O)(=O)N(C)CCOCC(=O)NCCC2CCC(C(c3cccs3)N(C)C)CC2)cc1. The fourth-order valence-electron chi connectivity index (χ4n) is 5.03. The van der Waals surface area contributed by atoms with Crippen molar-refractivity contribution in [1.82, 2.24) is 14.5 Å². The summed E-state index contributed by atoms with van der Waals surface area (Å²) in [6.45, 7) is 0.866. The number of benzene rings is 1. The number of sulfonamides is 1. The molecule has 1 aliphatic carbocycles. The highest BCUT2D eigenvalue weighted by molar-refractivity contribution is 7.89. The van der Waals surface area contributed by atoms with E-state index in [0.717, 1.165) is 6.42 Å². The van der Waals surface area contributed by atoms with Crippen molar-refractivity contribution >= 4 is 27.3 Å². The number of methoxy groups -OCH3 is 1. The molecule has 206 valence electrons. The molecule has 1 saturated carbocycles. The van der Waals surface area contributed by atoms with Gasteiger partial charge in [-0.15, -0.1) is 11.3 Å². The smallest absolute Gasteiger partial charge is 0.245 e. The lowest BCUT2D eigenvalue weighted by molar-refractivity contribution is -0.125. The third kappa shape index (κ3) is 8.51. The van der Waals surface area contributed by atoms with Gasteiger partial charge in [-0.1, -0.05) is 18.9 Å². The number of nitrogens with one attached hydrogen (secondary N) is 1. The van der Waals surface area contributed by atoms with Crippen LogP contribution in [-0.2, 0) is 19.6 Å². The molecule has 10 heteroatoms. The van der Waals surface area contributed by atoms with Gasteiger partial charge in [-0.05, 0) is 80.9 Å². The first-order valence-corrected chi connectivity index (χ1v) is 15.2. The fourth-order valence-corrected chi connectivity index (χ4v) is 7.20. The monoisotopic (exact) mass is 551 g/mol. The fraction of sp³-hybridized carbons (Fsp3) is 0.593. The molecule has 1 unspecified atom stereocenters. The summed E-state index contributed by atoms with van der Waals surface area (Å²) in [6, 6.07) is 11.1. The van der Waals surface area contributed by atoms with Crippen LogP contribution >= 0.6 is 11.3 Å². The number of thiophene rings is 1. The Bertz CT molecular complexity index is 1050. The molecule has 1 amide bonds. The molecule has 8 nitrogen and oxygen atoms in total. The number of nitrogens with zero attached hydrogens (tertiary/aromatic N) is 2. The van der Waals surface area contributed by atoms with Gasteiger partial charge in [0.2, 0.25) is 15.9 Å². The Balaban J connectivity index is 1.29. The van der Waals surface area contributed by atoms with Gasteiger partial charge in [-0.25, -0.2) is 8.42 Å². The number of amides is 1. The van der Waals surface area contributed by atoms with E-state index in [1.807, 2.05) is 11.3 Å². The van der Waals surface area contributed by atoms with Crippen LogP contribution in [0.25, 0.3) is 0 Å². The first kappa shape index (κ1) is 29.6. The van der Waals surface area contributed by atoms with Crippen molar-refractivity contribution < 1.29 is 22.7 Å². The zero-order valence-corrected chi connectivity index (χ0v) is 24.0. The number of carbonyl (C=O) groups excluding carboxylic acids is 1. The summed E-state index contributed by atoms with van der Waals surface area (Å²) in [6.07, 6.45) is 5.81. The minimum absolute atomic E-state index is 0.0749. The number of carbonyl (C=O) groups is 1. The van der Waals surface area contributed by atoms with E-state index in [1.165, 1.54) is 61.2 Å². The number of hydrogen-bond acceptors (Lipinski definition) is 7. The van der Waals surface area contributed by atoms with Crippen molar-refractivity contribution in [2.24, 2.45) is 11.8 Å². The normalized spacial score (nSPS) is 19.2. The second-order valence-corrected chi connectivity index (χ2v) is 12.9. The molecule has 0 aliphatic heterocycles. The lowest BCUT2D eigenvalue weighted by Crippen LogP contribution is -2.33. The minimum atomic E-state index is -3.62. The molecule has 3 rings (SSSR count). The first-order chi connectivity index (χ1) is 17.7. The number of hydrogen-bond donors (Lipinski definition) is 1. The topological polar surface area (TPSA) is 88.2 Å². The lowest BCUT2D eigenvalue weighted by atomic mass is 9.76. The highest BCUT2D eigenvalue weighted by Gasteiger charge is 2.30. The Labute approximate surface area is 226 Å². The van der Waals surface area contributed by atoms with E-state index >= 15 is 0 Å². The molecule has 1 aromatic heterocycles. The van der Waals surface area contributed by atoms with Gasteiger partial charge in [0, 0.05) is 31.1 Å². The number of rotatable bonds is 14. The standard InChI is InChI=1S/C27H41N3O5S2/c1-29(2)27(25-6-5-19-36-25)22-9-7-21(8-10-22)15-16-28-26(31)20-35-18-17-30(3)37(32,33)24-13-11-23(34-4)12-14-24/h5-6,11-14,19,21-22,27H,7-10,15-18,20H2,1-4H3,(H,28,31). The van der Waals surface area contributed by atoms with Crippen LogP contribution in [0.4, 0.5) is 0 Å². The third-order valence-electron chi connectivity index (χ3n) is 7.16. The van der Waals surface area contributed by atoms with Gasteiger partial charge < -0.3 is 19.7 Å². The van der Waals surface area contributed by atoms with E-state index in [9.17, 15) is 13.2 Å². The lowest BCUT2D eigenvalue weighted by Gasteiger charge is -2.37. The van der Waals surface area contributed by atoms with Crippen LogP contribution in [0.15, 0.2) is 46.7 Å². The molecule has 0 saturated heterocycles.